The summed E-state index contributed by atoms with van der Waals surface area (Å²) in [6, 6.07) is 10.2. The number of benzene rings is 1. The van der Waals surface area contributed by atoms with Crippen LogP contribution in [-0.2, 0) is 6.54 Å². The van der Waals surface area contributed by atoms with Crippen molar-refractivity contribution in [3.63, 3.8) is 0 Å². The molecule has 6 nitrogen and oxygen atoms in total. The summed E-state index contributed by atoms with van der Waals surface area (Å²) in [5.41, 5.74) is 2.27. The quantitative estimate of drug-likeness (QED) is 0.252. The Kier molecular flexibility index (Phi) is 10.2. The third-order valence-electron chi connectivity index (χ3n) is 4.03. The molecule has 0 fully saturated rings. The SMILES string of the molecule is CN=C(NCCOc1ccc(C(C)C)cc1)NCc1cc(C(C)C)no1.I. The Labute approximate surface area is 179 Å². The molecule has 0 atom stereocenters. The summed E-state index contributed by atoms with van der Waals surface area (Å²) in [5, 5.41) is 10.5. The Bertz CT molecular complexity index is 696. The van der Waals surface area contributed by atoms with Gasteiger partial charge in [0.1, 0.15) is 12.4 Å². The van der Waals surface area contributed by atoms with E-state index >= 15 is 0 Å². The van der Waals surface area contributed by atoms with E-state index in [0.717, 1.165) is 17.2 Å². The number of hydrogen-bond acceptors (Lipinski definition) is 4. The second-order valence-corrected chi connectivity index (χ2v) is 6.80. The number of guanidine groups is 1. The molecule has 1 aromatic heterocycles. The highest BCUT2D eigenvalue weighted by molar-refractivity contribution is 14.0. The maximum atomic E-state index is 5.75. The number of ether oxygens (including phenoxy) is 1. The highest BCUT2D eigenvalue weighted by Gasteiger charge is 2.08. The van der Waals surface area contributed by atoms with Crippen LogP contribution >= 0.6 is 24.0 Å². The van der Waals surface area contributed by atoms with Crippen molar-refractivity contribution < 1.29 is 9.26 Å². The molecule has 0 aliphatic carbocycles. The van der Waals surface area contributed by atoms with E-state index in [4.69, 9.17) is 9.26 Å². The number of hydrogen-bond donors (Lipinski definition) is 2. The highest BCUT2D eigenvalue weighted by atomic mass is 127. The lowest BCUT2D eigenvalue weighted by atomic mass is 10.0. The van der Waals surface area contributed by atoms with E-state index in [-0.39, 0.29) is 24.0 Å². The molecule has 2 N–H and O–H groups in total. The average Bonchev–Trinajstić information content (AvgIpc) is 3.11. The van der Waals surface area contributed by atoms with E-state index in [9.17, 15) is 0 Å². The maximum Gasteiger partial charge on any atom is 0.191 e. The number of nitrogens with zero attached hydrogens (tertiary/aromatic N) is 2. The second-order valence-electron chi connectivity index (χ2n) is 6.80. The van der Waals surface area contributed by atoms with Crippen molar-refractivity contribution in [2.24, 2.45) is 4.99 Å². The molecule has 7 heteroatoms. The number of nitrogens with one attached hydrogen (secondary N) is 2. The van der Waals surface area contributed by atoms with Gasteiger partial charge in [-0.25, -0.2) is 0 Å². The predicted molar refractivity (Wildman–Crippen MR) is 120 cm³/mol. The highest BCUT2D eigenvalue weighted by Crippen LogP contribution is 2.18. The van der Waals surface area contributed by atoms with Gasteiger partial charge in [0, 0.05) is 13.1 Å². The Morgan fingerprint density at radius 2 is 1.81 bits per heavy atom. The molecule has 0 bridgehead atoms. The molecule has 0 amide bonds. The molecule has 0 aliphatic rings. The van der Waals surface area contributed by atoms with Gasteiger partial charge in [-0.2, -0.15) is 0 Å². The molecule has 1 aromatic carbocycles. The third kappa shape index (κ3) is 7.78. The molecular formula is C20H31IN4O2. The number of rotatable bonds is 8. The zero-order chi connectivity index (χ0) is 18.9. The van der Waals surface area contributed by atoms with Gasteiger partial charge in [-0.05, 0) is 29.5 Å². The normalized spacial score (nSPS) is 11.4. The summed E-state index contributed by atoms with van der Waals surface area (Å²) in [6.45, 7) is 10.3. The smallest absolute Gasteiger partial charge is 0.191 e. The fourth-order valence-electron chi connectivity index (χ4n) is 2.36. The van der Waals surface area contributed by atoms with Crippen LogP contribution in [0.15, 0.2) is 39.8 Å². The molecule has 0 aliphatic heterocycles. The Balaban J connectivity index is 0.00000364. The van der Waals surface area contributed by atoms with Crippen molar-refractivity contribution in [2.75, 3.05) is 20.2 Å². The number of aromatic nitrogens is 1. The minimum absolute atomic E-state index is 0. The maximum absolute atomic E-state index is 5.75. The summed E-state index contributed by atoms with van der Waals surface area (Å²) < 4.78 is 11.1. The van der Waals surface area contributed by atoms with Crippen LogP contribution in [-0.4, -0.2) is 31.3 Å². The first-order valence-electron chi connectivity index (χ1n) is 9.12. The summed E-state index contributed by atoms with van der Waals surface area (Å²) in [7, 11) is 1.74. The van der Waals surface area contributed by atoms with Gasteiger partial charge in [0.25, 0.3) is 0 Å². The Morgan fingerprint density at radius 3 is 2.37 bits per heavy atom. The Hall–Kier alpha value is -1.77. The van der Waals surface area contributed by atoms with Crippen LogP contribution in [0.1, 0.15) is 56.5 Å². The standard InChI is InChI=1S/C20H30N4O2.HI/c1-14(2)16-6-8-17(9-7-16)25-11-10-22-20(21-5)23-13-18-12-19(15(3)4)24-26-18;/h6-9,12,14-15H,10-11,13H2,1-5H3,(H2,21,22,23);1H. The molecule has 27 heavy (non-hydrogen) atoms. The lowest BCUT2D eigenvalue weighted by molar-refractivity contribution is 0.321. The van der Waals surface area contributed by atoms with Gasteiger partial charge in [-0.3, -0.25) is 4.99 Å². The molecule has 0 radical (unpaired) electrons. The van der Waals surface area contributed by atoms with Gasteiger partial charge in [-0.1, -0.05) is 45.0 Å². The van der Waals surface area contributed by atoms with Crippen LogP contribution in [0.5, 0.6) is 5.75 Å². The van der Waals surface area contributed by atoms with Crippen molar-refractivity contribution in [2.45, 2.75) is 46.1 Å². The van der Waals surface area contributed by atoms with E-state index in [2.05, 4.69) is 60.6 Å². The fourth-order valence-corrected chi connectivity index (χ4v) is 2.36. The molecule has 1 heterocycles. The Morgan fingerprint density at radius 1 is 1.11 bits per heavy atom. The van der Waals surface area contributed by atoms with Gasteiger partial charge in [0.15, 0.2) is 11.7 Å². The first-order chi connectivity index (χ1) is 12.5. The molecule has 150 valence electrons. The van der Waals surface area contributed by atoms with E-state index < -0.39 is 0 Å². The van der Waals surface area contributed by atoms with Crippen molar-refractivity contribution >= 4 is 29.9 Å². The fraction of sp³-hybridized carbons (Fsp3) is 0.500. The molecule has 0 saturated heterocycles. The minimum Gasteiger partial charge on any atom is -0.492 e. The topological polar surface area (TPSA) is 71.7 Å². The predicted octanol–water partition coefficient (Wildman–Crippen LogP) is 4.28. The van der Waals surface area contributed by atoms with Crippen molar-refractivity contribution in [3.8, 4) is 5.75 Å². The molecule has 0 saturated carbocycles. The van der Waals surface area contributed by atoms with Gasteiger partial charge in [0.2, 0.25) is 0 Å². The zero-order valence-corrected chi connectivity index (χ0v) is 19.1. The summed E-state index contributed by atoms with van der Waals surface area (Å²) >= 11 is 0. The van der Waals surface area contributed by atoms with Gasteiger partial charge < -0.3 is 19.9 Å². The number of halogens is 1. The summed E-state index contributed by atoms with van der Waals surface area (Å²) in [5.74, 6) is 3.25. The van der Waals surface area contributed by atoms with E-state index in [1.807, 2.05) is 18.2 Å². The largest absolute Gasteiger partial charge is 0.492 e. The lowest BCUT2D eigenvalue weighted by Crippen LogP contribution is -2.38. The van der Waals surface area contributed by atoms with Crippen LogP contribution in [0.3, 0.4) is 0 Å². The van der Waals surface area contributed by atoms with Crippen LogP contribution in [0.2, 0.25) is 0 Å². The third-order valence-corrected chi connectivity index (χ3v) is 4.03. The van der Waals surface area contributed by atoms with Crippen LogP contribution < -0.4 is 15.4 Å². The van der Waals surface area contributed by atoms with Crippen LogP contribution in [0, 0.1) is 0 Å². The van der Waals surface area contributed by atoms with Crippen LogP contribution in [0.25, 0.3) is 0 Å². The van der Waals surface area contributed by atoms with Crippen molar-refractivity contribution in [1.82, 2.24) is 15.8 Å². The molecule has 2 rings (SSSR count). The van der Waals surface area contributed by atoms with E-state index in [1.165, 1.54) is 5.56 Å². The van der Waals surface area contributed by atoms with Gasteiger partial charge >= 0.3 is 0 Å². The zero-order valence-electron chi connectivity index (χ0n) is 16.8. The van der Waals surface area contributed by atoms with Crippen molar-refractivity contribution in [3.05, 3.63) is 47.3 Å². The van der Waals surface area contributed by atoms with Crippen LogP contribution in [0.4, 0.5) is 0 Å². The summed E-state index contributed by atoms with van der Waals surface area (Å²) in [4.78, 5) is 4.20. The second kappa shape index (κ2) is 11.8. The minimum atomic E-state index is 0. The summed E-state index contributed by atoms with van der Waals surface area (Å²) in [6.07, 6.45) is 0. The van der Waals surface area contributed by atoms with Gasteiger partial charge in [0.05, 0.1) is 18.8 Å². The first kappa shape index (κ1) is 23.3. The van der Waals surface area contributed by atoms with E-state index in [0.29, 0.717) is 37.5 Å². The van der Waals surface area contributed by atoms with Gasteiger partial charge in [-0.15, -0.1) is 24.0 Å². The monoisotopic (exact) mass is 486 g/mol. The van der Waals surface area contributed by atoms with E-state index in [1.54, 1.807) is 7.05 Å². The number of aliphatic imine (C=N–C) groups is 1. The molecule has 0 spiro atoms. The first-order valence-corrected chi connectivity index (χ1v) is 9.12. The lowest BCUT2D eigenvalue weighted by Gasteiger charge is -2.12. The molecule has 2 aromatic rings. The molecule has 0 unspecified atom stereocenters. The van der Waals surface area contributed by atoms with Crippen molar-refractivity contribution in [1.29, 1.82) is 0 Å². The average molecular weight is 486 g/mol. The molecular weight excluding hydrogens is 455 g/mol.